The van der Waals surface area contributed by atoms with Gasteiger partial charge in [-0.25, -0.2) is 0 Å². The van der Waals surface area contributed by atoms with Crippen molar-refractivity contribution in [1.29, 1.82) is 0 Å². The summed E-state index contributed by atoms with van der Waals surface area (Å²) in [4.78, 5) is 52.0. The largest absolute Gasteiger partial charge is 0.455 e. The lowest BCUT2D eigenvalue weighted by Crippen LogP contribution is -2.30. The average molecular weight is 514 g/mol. The number of hydrogen-bond donors (Lipinski definition) is 2. The number of ether oxygens (including phenoxy) is 1. The number of carbonyl (C=O) groups is 4. The van der Waals surface area contributed by atoms with Gasteiger partial charge in [0.05, 0.1) is 23.2 Å². The third-order valence-electron chi connectivity index (χ3n) is 6.50. The second kappa shape index (κ2) is 12.7. The van der Waals surface area contributed by atoms with Gasteiger partial charge in [-0.2, -0.15) is 0 Å². The predicted octanol–water partition coefficient (Wildman–Crippen LogP) is 3.75. The van der Waals surface area contributed by atoms with Crippen LogP contribution in [0.5, 0.6) is 0 Å². The summed E-state index contributed by atoms with van der Waals surface area (Å²) in [7, 11) is 0. The van der Waals surface area contributed by atoms with Crippen LogP contribution in [0.1, 0.15) is 40.9 Å². The summed E-state index contributed by atoms with van der Waals surface area (Å²) in [5, 5.41) is 5.58. The standard InChI is InChI=1S/C30H31N3O5/c1-21(23-12-6-3-7-13-23)31-29(36)25-14-8-9-15-26(25)32-27(34)20-38-30(37)24-18-28(35)33(19-24)17-16-22-10-4-2-5-11-22/h2-15,21,24H,16-20H2,1H3,(H,31,36)(H,32,34)/t21-,24-/m1/s1. The van der Waals surface area contributed by atoms with E-state index in [4.69, 9.17) is 4.74 Å². The van der Waals surface area contributed by atoms with Crippen molar-refractivity contribution >= 4 is 29.4 Å². The SMILES string of the molecule is C[C@@H](NC(=O)c1ccccc1NC(=O)COC(=O)[C@@H]1CC(=O)N(CCc2ccccc2)C1)c1ccccc1. The second-order valence-electron chi connectivity index (χ2n) is 9.28. The maximum Gasteiger partial charge on any atom is 0.311 e. The van der Waals surface area contributed by atoms with E-state index in [1.807, 2.05) is 67.6 Å². The molecule has 196 valence electrons. The lowest BCUT2D eigenvalue weighted by Gasteiger charge is -2.17. The van der Waals surface area contributed by atoms with Gasteiger partial charge in [-0.1, -0.05) is 72.8 Å². The minimum atomic E-state index is -0.608. The van der Waals surface area contributed by atoms with Crippen LogP contribution in [0.4, 0.5) is 5.69 Å². The van der Waals surface area contributed by atoms with Gasteiger partial charge in [0, 0.05) is 19.5 Å². The van der Waals surface area contributed by atoms with Crippen LogP contribution in [-0.4, -0.2) is 48.3 Å². The Morgan fingerprint density at radius 1 is 0.947 bits per heavy atom. The second-order valence-corrected chi connectivity index (χ2v) is 9.28. The Bertz CT molecular complexity index is 1280. The summed E-state index contributed by atoms with van der Waals surface area (Å²) in [6.07, 6.45) is 0.770. The van der Waals surface area contributed by atoms with Crippen LogP contribution in [0, 0.1) is 5.92 Å². The zero-order valence-electron chi connectivity index (χ0n) is 21.3. The lowest BCUT2D eigenvalue weighted by atomic mass is 10.1. The van der Waals surface area contributed by atoms with Crippen molar-refractivity contribution < 1.29 is 23.9 Å². The van der Waals surface area contributed by atoms with Crippen molar-refractivity contribution in [1.82, 2.24) is 10.2 Å². The summed E-state index contributed by atoms with van der Waals surface area (Å²) in [5.74, 6) is -2.20. The molecule has 4 rings (SSSR count). The normalized spacial score (nSPS) is 15.6. The van der Waals surface area contributed by atoms with Crippen LogP contribution in [0.3, 0.4) is 0 Å². The molecule has 1 aliphatic heterocycles. The molecule has 0 aromatic heterocycles. The Kier molecular flexibility index (Phi) is 8.87. The Hall–Kier alpha value is -4.46. The fraction of sp³-hybridized carbons (Fsp3) is 0.267. The van der Waals surface area contributed by atoms with E-state index >= 15 is 0 Å². The van der Waals surface area contributed by atoms with Crippen LogP contribution in [0.25, 0.3) is 0 Å². The molecule has 0 spiro atoms. The molecule has 38 heavy (non-hydrogen) atoms. The number of nitrogens with zero attached hydrogens (tertiary/aromatic N) is 1. The van der Waals surface area contributed by atoms with Crippen LogP contribution in [0.15, 0.2) is 84.9 Å². The van der Waals surface area contributed by atoms with Gasteiger partial charge in [-0.15, -0.1) is 0 Å². The maximum atomic E-state index is 12.9. The molecule has 3 aromatic carbocycles. The summed E-state index contributed by atoms with van der Waals surface area (Å²) < 4.78 is 5.21. The maximum absolute atomic E-state index is 12.9. The molecular formula is C30H31N3O5. The van der Waals surface area contributed by atoms with Crippen LogP contribution >= 0.6 is 0 Å². The summed E-state index contributed by atoms with van der Waals surface area (Å²) in [5.41, 5.74) is 2.68. The summed E-state index contributed by atoms with van der Waals surface area (Å²) in [6.45, 7) is 2.16. The number of carbonyl (C=O) groups excluding carboxylic acids is 4. The minimum Gasteiger partial charge on any atom is -0.455 e. The van der Waals surface area contributed by atoms with E-state index in [1.54, 1.807) is 29.2 Å². The number of anilines is 1. The van der Waals surface area contributed by atoms with Gasteiger partial charge in [-0.3, -0.25) is 19.2 Å². The van der Waals surface area contributed by atoms with Crippen molar-refractivity contribution in [3.8, 4) is 0 Å². The summed E-state index contributed by atoms with van der Waals surface area (Å²) >= 11 is 0. The summed E-state index contributed by atoms with van der Waals surface area (Å²) in [6, 6.07) is 25.8. The first-order valence-electron chi connectivity index (χ1n) is 12.6. The first-order chi connectivity index (χ1) is 18.4. The molecule has 0 saturated carbocycles. The fourth-order valence-electron chi connectivity index (χ4n) is 4.39. The van der Waals surface area contributed by atoms with E-state index in [-0.39, 0.29) is 30.8 Å². The number of likely N-dealkylation sites (tertiary alicyclic amines) is 1. The van der Waals surface area contributed by atoms with Crippen molar-refractivity contribution in [2.45, 2.75) is 25.8 Å². The molecule has 2 atom stereocenters. The van der Waals surface area contributed by atoms with E-state index in [1.165, 1.54) is 0 Å². The molecule has 1 saturated heterocycles. The molecule has 3 amide bonds. The monoisotopic (exact) mass is 513 g/mol. The third kappa shape index (κ3) is 7.06. The van der Waals surface area contributed by atoms with Gasteiger partial charge >= 0.3 is 5.97 Å². The number of hydrogen-bond acceptors (Lipinski definition) is 5. The van der Waals surface area contributed by atoms with Crippen molar-refractivity contribution in [2.75, 3.05) is 25.0 Å². The molecule has 1 heterocycles. The van der Waals surface area contributed by atoms with Crippen molar-refractivity contribution in [3.05, 3.63) is 102 Å². The van der Waals surface area contributed by atoms with Crippen LogP contribution in [-0.2, 0) is 25.5 Å². The Labute approximate surface area is 222 Å². The number of amides is 3. The van der Waals surface area contributed by atoms with E-state index in [2.05, 4.69) is 10.6 Å². The van der Waals surface area contributed by atoms with Gasteiger partial charge in [0.25, 0.3) is 11.8 Å². The molecule has 0 bridgehead atoms. The average Bonchev–Trinajstić information content (AvgIpc) is 3.32. The molecule has 8 nitrogen and oxygen atoms in total. The molecule has 0 aliphatic carbocycles. The number of nitrogens with one attached hydrogen (secondary N) is 2. The smallest absolute Gasteiger partial charge is 0.311 e. The quantitative estimate of drug-likeness (QED) is 0.402. The Morgan fingerprint density at radius 3 is 2.34 bits per heavy atom. The van der Waals surface area contributed by atoms with E-state index < -0.39 is 24.4 Å². The zero-order valence-corrected chi connectivity index (χ0v) is 21.3. The Morgan fingerprint density at radius 2 is 1.61 bits per heavy atom. The van der Waals surface area contributed by atoms with Gasteiger partial charge in [0.2, 0.25) is 5.91 Å². The van der Waals surface area contributed by atoms with Crippen molar-refractivity contribution in [3.63, 3.8) is 0 Å². The molecular weight excluding hydrogens is 482 g/mol. The number of esters is 1. The first kappa shape index (κ1) is 26.6. The van der Waals surface area contributed by atoms with Crippen molar-refractivity contribution in [2.24, 2.45) is 5.92 Å². The van der Waals surface area contributed by atoms with Gasteiger partial charge in [0.1, 0.15) is 0 Å². The number of para-hydroxylation sites is 1. The van der Waals surface area contributed by atoms with Crippen LogP contribution < -0.4 is 10.6 Å². The molecule has 3 aromatic rings. The third-order valence-corrected chi connectivity index (χ3v) is 6.50. The van der Waals surface area contributed by atoms with Gasteiger partial charge < -0.3 is 20.3 Å². The predicted molar refractivity (Wildman–Crippen MR) is 143 cm³/mol. The minimum absolute atomic E-state index is 0.0673. The zero-order chi connectivity index (χ0) is 26.9. The highest BCUT2D eigenvalue weighted by Gasteiger charge is 2.35. The van der Waals surface area contributed by atoms with Gasteiger partial charge in [-0.05, 0) is 36.6 Å². The molecule has 0 unspecified atom stereocenters. The number of benzene rings is 3. The van der Waals surface area contributed by atoms with E-state index in [0.29, 0.717) is 24.2 Å². The van der Waals surface area contributed by atoms with E-state index in [9.17, 15) is 19.2 Å². The van der Waals surface area contributed by atoms with Crippen LogP contribution in [0.2, 0.25) is 0 Å². The fourth-order valence-corrected chi connectivity index (χ4v) is 4.39. The highest BCUT2D eigenvalue weighted by Crippen LogP contribution is 2.21. The molecule has 1 aliphatic rings. The molecule has 1 fully saturated rings. The highest BCUT2D eigenvalue weighted by atomic mass is 16.5. The molecule has 0 radical (unpaired) electrons. The van der Waals surface area contributed by atoms with E-state index in [0.717, 1.165) is 11.1 Å². The first-order valence-corrected chi connectivity index (χ1v) is 12.6. The number of rotatable bonds is 10. The Balaban J connectivity index is 1.26. The highest BCUT2D eigenvalue weighted by molar-refractivity contribution is 6.04. The molecule has 8 heteroatoms. The lowest BCUT2D eigenvalue weighted by molar-refractivity contribution is -0.151. The van der Waals surface area contributed by atoms with Gasteiger partial charge in [0.15, 0.2) is 6.61 Å². The molecule has 2 N–H and O–H groups in total. The topological polar surface area (TPSA) is 105 Å².